The van der Waals surface area contributed by atoms with Crippen LogP contribution in [-0.4, -0.2) is 57.3 Å². The van der Waals surface area contributed by atoms with Gasteiger partial charge in [0, 0.05) is 25.2 Å². The van der Waals surface area contributed by atoms with E-state index in [-0.39, 0.29) is 38.1 Å². The van der Waals surface area contributed by atoms with E-state index in [1.54, 1.807) is 20.4 Å². The molecule has 0 bridgehead atoms. The Morgan fingerprint density at radius 1 is 1.08 bits per heavy atom. The van der Waals surface area contributed by atoms with Gasteiger partial charge in [0.2, 0.25) is 5.95 Å². The van der Waals surface area contributed by atoms with Gasteiger partial charge in [0.05, 0.1) is 32.8 Å². The predicted octanol–water partition coefficient (Wildman–Crippen LogP) is 5.44. The molecule has 1 unspecified atom stereocenters. The Balaban J connectivity index is 0.00000420. The van der Waals surface area contributed by atoms with Crippen molar-refractivity contribution in [2.24, 2.45) is 0 Å². The maximum absolute atomic E-state index is 14.6. The average Bonchev–Trinajstić information content (AvgIpc) is 2.82. The number of halogens is 3. The quantitative estimate of drug-likeness (QED) is 0.236. The lowest BCUT2D eigenvalue weighted by atomic mass is 9.99. The van der Waals surface area contributed by atoms with Crippen molar-refractivity contribution in [1.29, 1.82) is 0 Å². The number of rotatable bonds is 9. The molecule has 0 fully saturated rings. The normalized spacial score (nSPS) is 13.3. The molecule has 3 aromatic rings. The number of hydrogen-bond donors (Lipinski definition) is 2. The maximum atomic E-state index is 14.6. The molecule has 16 heteroatoms. The van der Waals surface area contributed by atoms with Crippen molar-refractivity contribution in [1.82, 2.24) is 14.9 Å². The van der Waals surface area contributed by atoms with Crippen molar-refractivity contribution in [3.05, 3.63) is 52.4 Å². The van der Waals surface area contributed by atoms with E-state index in [4.69, 9.17) is 20.9 Å². The van der Waals surface area contributed by atoms with Gasteiger partial charge < -0.3 is 29.0 Å². The highest BCUT2D eigenvalue weighted by molar-refractivity contribution is 7.81. The molecule has 4 rings (SSSR count). The average molecular weight is 622 g/mol. The van der Waals surface area contributed by atoms with Crippen LogP contribution in [0, 0.1) is 5.82 Å². The molecule has 1 atom stereocenters. The lowest BCUT2D eigenvalue weighted by molar-refractivity contribution is 0.312. The molecule has 0 aliphatic carbocycles. The first kappa shape index (κ1) is 31.0. The molecule has 212 valence electrons. The number of anilines is 4. The number of nitrogens with zero attached hydrogens (tertiary/aromatic N) is 3. The molecule has 0 spiro atoms. The maximum Gasteiger partial charge on any atom is 0.488 e. The lowest BCUT2D eigenvalue weighted by Gasteiger charge is -2.26. The number of methoxy groups -OCH3 is 1. The minimum Gasteiger partial charge on any atom is -0.495 e. The number of nitrogens with one attached hydrogen (secondary N) is 2. The van der Waals surface area contributed by atoms with Crippen LogP contribution in [0.1, 0.15) is 11.1 Å². The zero-order valence-electron chi connectivity index (χ0n) is 21.6. The number of ether oxygens (including phenoxy) is 1. The standard InChI is InChI=1S/C23H25ClF2N5O5PS.H3P/c1-31-6-5-13-8-20(34-2)17(7-14(13)12-31)29-23-27-11-15(24)22(30-23)28-18-9-16(25)19(36-38(26,32)33)10-21(18)35-37(3)4;/h7-11H,5-6,12H2,1-4H3,(H2,27,28,29,30);1H3. The fourth-order valence-electron chi connectivity index (χ4n) is 3.83. The summed E-state index contributed by atoms with van der Waals surface area (Å²) in [7, 11) is -2.86. The second-order valence-corrected chi connectivity index (χ2v) is 11.8. The Labute approximate surface area is 235 Å². The summed E-state index contributed by atoms with van der Waals surface area (Å²) in [6, 6.07) is 5.80. The Kier molecular flexibility index (Phi) is 10.1. The van der Waals surface area contributed by atoms with Crippen molar-refractivity contribution >= 4 is 63.3 Å². The van der Waals surface area contributed by atoms with Gasteiger partial charge in [-0.15, -0.1) is 0 Å². The van der Waals surface area contributed by atoms with Crippen LogP contribution in [0.5, 0.6) is 17.2 Å². The smallest absolute Gasteiger partial charge is 0.488 e. The van der Waals surface area contributed by atoms with Gasteiger partial charge in [-0.3, -0.25) is 0 Å². The highest BCUT2D eigenvalue weighted by Gasteiger charge is 2.21. The van der Waals surface area contributed by atoms with E-state index in [1.165, 1.54) is 11.8 Å². The highest BCUT2D eigenvalue weighted by atomic mass is 35.5. The number of benzene rings is 2. The molecule has 0 saturated heterocycles. The molecule has 1 aliphatic rings. The lowest BCUT2D eigenvalue weighted by Crippen LogP contribution is -2.26. The minimum absolute atomic E-state index is 0. The zero-order chi connectivity index (χ0) is 27.6. The molecule has 10 nitrogen and oxygen atoms in total. The van der Waals surface area contributed by atoms with Crippen LogP contribution < -0.4 is 24.1 Å². The third-order valence-corrected chi connectivity index (χ3v) is 6.69. The van der Waals surface area contributed by atoms with Gasteiger partial charge >= 0.3 is 10.5 Å². The summed E-state index contributed by atoms with van der Waals surface area (Å²) >= 11 is 6.31. The fraction of sp³-hybridized carbons (Fsp3) is 0.304. The first-order valence-electron chi connectivity index (χ1n) is 11.2. The summed E-state index contributed by atoms with van der Waals surface area (Å²) in [5.41, 5.74) is 3.07. The number of fused-ring (bicyclic) bond motifs is 1. The topological polar surface area (TPSA) is 115 Å². The number of likely N-dealkylation sites (N-methyl/N-ethyl adjacent to an activating group) is 1. The van der Waals surface area contributed by atoms with Gasteiger partial charge in [-0.2, -0.15) is 23.3 Å². The molecular weight excluding hydrogens is 594 g/mol. The van der Waals surface area contributed by atoms with Crippen LogP contribution in [0.15, 0.2) is 30.5 Å². The Hall–Kier alpha value is -2.56. The van der Waals surface area contributed by atoms with E-state index in [0.29, 0.717) is 11.4 Å². The molecule has 2 N–H and O–H groups in total. The van der Waals surface area contributed by atoms with E-state index in [2.05, 4.69) is 36.7 Å². The van der Waals surface area contributed by atoms with Crippen LogP contribution in [0.3, 0.4) is 0 Å². The summed E-state index contributed by atoms with van der Waals surface area (Å²) in [5, 5.41) is 6.13. The third-order valence-electron chi connectivity index (χ3n) is 5.47. The molecule has 0 saturated carbocycles. The summed E-state index contributed by atoms with van der Waals surface area (Å²) < 4.78 is 64.7. The zero-order valence-corrected chi connectivity index (χ0v) is 25.5. The fourth-order valence-corrected chi connectivity index (χ4v) is 4.86. The van der Waals surface area contributed by atoms with Crippen molar-refractivity contribution < 1.29 is 30.1 Å². The van der Waals surface area contributed by atoms with Crippen molar-refractivity contribution in [3.8, 4) is 17.2 Å². The molecule has 2 heterocycles. The van der Waals surface area contributed by atoms with Crippen LogP contribution in [0.25, 0.3) is 0 Å². The molecule has 39 heavy (non-hydrogen) atoms. The van der Waals surface area contributed by atoms with Crippen molar-refractivity contribution in [2.75, 3.05) is 44.7 Å². The van der Waals surface area contributed by atoms with Gasteiger partial charge in [-0.25, -0.2) is 9.37 Å². The molecule has 2 aromatic carbocycles. The minimum atomic E-state index is -5.45. The first-order chi connectivity index (χ1) is 17.9. The van der Waals surface area contributed by atoms with Gasteiger partial charge in [0.15, 0.2) is 23.1 Å². The summed E-state index contributed by atoms with van der Waals surface area (Å²) in [4.78, 5) is 10.9. The number of hydrogen-bond acceptors (Lipinski definition) is 10. The van der Waals surface area contributed by atoms with E-state index in [0.717, 1.165) is 37.2 Å². The highest BCUT2D eigenvalue weighted by Crippen LogP contribution is 2.41. The van der Waals surface area contributed by atoms with Gasteiger partial charge in [-0.05, 0) is 50.1 Å². The second kappa shape index (κ2) is 12.7. The molecule has 1 aliphatic heterocycles. The first-order valence-corrected chi connectivity index (χ1v) is 15.0. The molecule has 0 amide bonds. The molecule has 0 radical (unpaired) electrons. The van der Waals surface area contributed by atoms with Crippen LogP contribution in [-0.2, 0) is 23.5 Å². The number of aromatic nitrogens is 2. The Morgan fingerprint density at radius 3 is 2.46 bits per heavy atom. The molecule has 1 aromatic heterocycles. The van der Waals surface area contributed by atoms with E-state index in [1.807, 2.05) is 12.1 Å². The van der Waals surface area contributed by atoms with E-state index in [9.17, 15) is 16.7 Å². The summed E-state index contributed by atoms with van der Waals surface area (Å²) in [5.74, 6) is -1.09. The van der Waals surface area contributed by atoms with E-state index < -0.39 is 30.2 Å². The largest absolute Gasteiger partial charge is 0.495 e. The van der Waals surface area contributed by atoms with Crippen molar-refractivity contribution in [2.45, 2.75) is 13.0 Å². The van der Waals surface area contributed by atoms with Crippen LogP contribution >= 0.6 is 29.6 Å². The van der Waals surface area contributed by atoms with Gasteiger partial charge in [0.1, 0.15) is 10.8 Å². The molecular formula is C23H28ClF2N5O5P2S. The third kappa shape index (κ3) is 7.99. The monoisotopic (exact) mass is 621 g/mol. The van der Waals surface area contributed by atoms with Gasteiger partial charge in [0.25, 0.3) is 0 Å². The summed E-state index contributed by atoms with van der Waals surface area (Å²) in [6.07, 6.45) is 2.27. The van der Waals surface area contributed by atoms with Crippen LogP contribution in [0.2, 0.25) is 5.02 Å². The predicted molar refractivity (Wildman–Crippen MR) is 154 cm³/mol. The summed E-state index contributed by atoms with van der Waals surface area (Å²) in [6.45, 7) is 5.27. The van der Waals surface area contributed by atoms with Crippen molar-refractivity contribution in [3.63, 3.8) is 0 Å². The van der Waals surface area contributed by atoms with Gasteiger partial charge in [-0.1, -0.05) is 15.5 Å². The Morgan fingerprint density at radius 2 is 1.79 bits per heavy atom. The van der Waals surface area contributed by atoms with Crippen LogP contribution in [0.4, 0.5) is 31.4 Å². The SMILES string of the molecule is COc1cc2c(cc1Nc1ncc(Cl)c(Nc3cc(F)c(OS(=O)(=O)F)cc3OP(C)C)n1)CN(C)CC2.P. The Bertz CT molecular complexity index is 1470. The second-order valence-electron chi connectivity index (χ2n) is 8.61. The van der Waals surface area contributed by atoms with E-state index >= 15 is 0 Å².